The van der Waals surface area contributed by atoms with Crippen molar-refractivity contribution in [1.82, 2.24) is 14.9 Å². The van der Waals surface area contributed by atoms with Crippen molar-refractivity contribution in [2.24, 2.45) is 5.73 Å². The van der Waals surface area contributed by atoms with Crippen molar-refractivity contribution < 1.29 is 38.5 Å². The normalized spacial score (nSPS) is 12.0. The van der Waals surface area contributed by atoms with Gasteiger partial charge in [0.05, 0.1) is 18.3 Å². The molecule has 0 aliphatic rings. The summed E-state index contributed by atoms with van der Waals surface area (Å²) in [6.45, 7) is 5.24. The predicted molar refractivity (Wildman–Crippen MR) is 187 cm³/mol. The van der Waals surface area contributed by atoms with Gasteiger partial charge in [0.25, 0.3) is 5.91 Å². The van der Waals surface area contributed by atoms with Crippen molar-refractivity contribution in [3.63, 3.8) is 0 Å². The molecule has 12 heteroatoms. The van der Waals surface area contributed by atoms with E-state index in [-0.39, 0.29) is 35.7 Å². The first-order valence-corrected chi connectivity index (χ1v) is 16.2. The first kappa shape index (κ1) is 35.6. The molecule has 0 unspecified atom stereocenters. The molecular weight excluding hydrogens is 640 g/mol. The molecule has 0 aliphatic carbocycles. The quantitative estimate of drug-likeness (QED) is 0.0794. The minimum Gasteiger partial charge on any atom is -0.507 e. The fraction of sp³-hybridized carbons (Fsp3) is 0.289. The van der Waals surface area contributed by atoms with Crippen LogP contribution in [-0.2, 0) is 25.6 Å². The number of carbonyl (C=O) groups excluding carboxylic acids is 4. The number of esters is 2. The van der Waals surface area contributed by atoms with Crippen LogP contribution in [0, 0.1) is 0 Å². The van der Waals surface area contributed by atoms with Gasteiger partial charge in [-0.2, -0.15) is 0 Å². The van der Waals surface area contributed by atoms with Gasteiger partial charge in [-0.15, -0.1) is 0 Å². The van der Waals surface area contributed by atoms with Gasteiger partial charge >= 0.3 is 18.0 Å². The molecule has 0 saturated heterocycles. The van der Waals surface area contributed by atoms with E-state index in [1.165, 1.54) is 19.2 Å². The number of ether oxygens (including phenoxy) is 3. The first-order chi connectivity index (χ1) is 23.9. The van der Waals surface area contributed by atoms with Crippen molar-refractivity contribution in [2.75, 3.05) is 13.7 Å². The molecule has 0 saturated carbocycles. The zero-order valence-corrected chi connectivity index (χ0v) is 28.4. The van der Waals surface area contributed by atoms with Gasteiger partial charge in [-0.25, -0.2) is 24.3 Å². The number of rotatable bonds is 11. The van der Waals surface area contributed by atoms with Crippen molar-refractivity contribution in [3.05, 3.63) is 95.7 Å². The van der Waals surface area contributed by atoms with E-state index in [0.29, 0.717) is 35.9 Å². The smallest absolute Gasteiger partial charge is 0.418 e. The lowest BCUT2D eigenvalue weighted by Crippen LogP contribution is -2.51. The number of nitrogens with zero attached hydrogens (tertiary/aromatic N) is 2. The molecule has 50 heavy (non-hydrogen) atoms. The number of amides is 2. The lowest BCUT2D eigenvalue weighted by atomic mass is 10.0. The highest BCUT2D eigenvalue weighted by molar-refractivity contribution is 6.14. The van der Waals surface area contributed by atoms with Crippen LogP contribution in [0.5, 0.6) is 5.75 Å². The van der Waals surface area contributed by atoms with Crippen LogP contribution in [-0.4, -0.2) is 69.2 Å². The van der Waals surface area contributed by atoms with Crippen molar-refractivity contribution in [3.8, 4) is 17.0 Å². The number of imide groups is 1. The molecule has 0 fully saturated rings. The summed E-state index contributed by atoms with van der Waals surface area (Å²) < 4.78 is 16.2. The van der Waals surface area contributed by atoms with E-state index in [9.17, 15) is 24.3 Å². The number of nitrogens with two attached hydrogens (primary N) is 1. The minimum absolute atomic E-state index is 0.0679. The highest BCUT2D eigenvalue weighted by Gasteiger charge is 2.40. The molecule has 260 valence electrons. The van der Waals surface area contributed by atoms with Gasteiger partial charge < -0.3 is 30.0 Å². The molecule has 12 nitrogen and oxygen atoms in total. The number of aromatic nitrogens is 2. The highest BCUT2D eigenvalue weighted by Crippen LogP contribution is 2.35. The second-order valence-corrected chi connectivity index (χ2v) is 12.7. The Morgan fingerprint density at radius 2 is 1.66 bits per heavy atom. The van der Waals surface area contributed by atoms with E-state index in [4.69, 9.17) is 24.9 Å². The number of fused-ring (bicyclic) bond motifs is 3. The van der Waals surface area contributed by atoms with Crippen molar-refractivity contribution in [1.29, 1.82) is 0 Å². The van der Waals surface area contributed by atoms with Crippen molar-refractivity contribution in [2.45, 2.75) is 58.3 Å². The van der Waals surface area contributed by atoms with Gasteiger partial charge in [0.1, 0.15) is 35.3 Å². The average Bonchev–Trinajstić information content (AvgIpc) is 3.48. The maximum atomic E-state index is 14.7. The molecule has 1 atom stereocenters. The van der Waals surface area contributed by atoms with E-state index >= 15 is 0 Å². The van der Waals surface area contributed by atoms with E-state index in [1.807, 2.05) is 42.5 Å². The number of carbonyl (C=O) groups is 4. The van der Waals surface area contributed by atoms with Crippen LogP contribution >= 0.6 is 0 Å². The van der Waals surface area contributed by atoms with Crippen LogP contribution in [0.4, 0.5) is 4.79 Å². The maximum absolute atomic E-state index is 14.7. The van der Waals surface area contributed by atoms with Crippen molar-refractivity contribution >= 4 is 45.7 Å². The summed E-state index contributed by atoms with van der Waals surface area (Å²) in [5.41, 5.74) is 7.11. The molecule has 0 aliphatic heterocycles. The van der Waals surface area contributed by atoms with Crippen LogP contribution in [0.25, 0.3) is 33.1 Å². The summed E-state index contributed by atoms with van der Waals surface area (Å²) in [6, 6.07) is 20.9. The third kappa shape index (κ3) is 7.92. The Kier molecular flexibility index (Phi) is 10.8. The van der Waals surface area contributed by atoms with E-state index in [0.717, 1.165) is 21.4 Å². The van der Waals surface area contributed by atoms with Gasteiger partial charge in [0.2, 0.25) is 0 Å². The molecule has 4 N–H and O–H groups in total. The number of phenolic OH excluding ortho intramolecular Hbond substituents is 1. The maximum Gasteiger partial charge on any atom is 0.418 e. The minimum atomic E-state index is -1.36. The summed E-state index contributed by atoms with van der Waals surface area (Å²) in [5, 5.41) is 11.8. The van der Waals surface area contributed by atoms with Gasteiger partial charge in [0, 0.05) is 21.9 Å². The summed E-state index contributed by atoms with van der Waals surface area (Å²) in [6.07, 6.45) is -0.0282. The lowest BCUT2D eigenvalue weighted by Gasteiger charge is -2.31. The number of hydrogen-bond donors (Lipinski definition) is 3. The van der Waals surface area contributed by atoms with Gasteiger partial charge in [-0.05, 0) is 82.5 Å². The summed E-state index contributed by atoms with van der Waals surface area (Å²) in [4.78, 5) is 63.8. The number of aromatic hydroxyl groups is 1. The molecule has 0 bridgehead atoms. The van der Waals surface area contributed by atoms with E-state index in [2.05, 4.69) is 4.98 Å². The lowest BCUT2D eigenvalue weighted by molar-refractivity contribution is -0.150. The fourth-order valence-corrected chi connectivity index (χ4v) is 5.57. The zero-order valence-electron chi connectivity index (χ0n) is 28.4. The van der Waals surface area contributed by atoms with Crippen LogP contribution in [0.1, 0.15) is 66.4 Å². The Labute approximate surface area is 289 Å². The van der Waals surface area contributed by atoms with Gasteiger partial charge in [-0.1, -0.05) is 48.5 Å². The largest absolute Gasteiger partial charge is 0.507 e. The number of pyridine rings is 1. The average molecular weight is 681 g/mol. The predicted octanol–water partition coefficient (Wildman–Crippen LogP) is 6.49. The number of aromatic amines is 1. The van der Waals surface area contributed by atoms with Crippen LogP contribution < -0.4 is 5.73 Å². The second kappa shape index (κ2) is 15.2. The van der Waals surface area contributed by atoms with Crippen LogP contribution in [0.15, 0.2) is 78.9 Å². The Bertz CT molecular complexity index is 2030. The Morgan fingerprint density at radius 1 is 0.940 bits per heavy atom. The van der Waals surface area contributed by atoms with Gasteiger partial charge in [-0.3, -0.25) is 4.79 Å². The number of phenols is 1. The number of hydrogen-bond acceptors (Lipinski definition) is 10. The Hall–Kier alpha value is -5.75. The molecule has 2 aromatic heterocycles. The third-order valence-corrected chi connectivity index (χ3v) is 7.94. The Morgan fingerprint density at radius 3 is 2.36 bits per heavy atom. The molecule has 3 aromatic carbocycles. The third-order valence-electron chi connectivity index (χ3n) is 7.94. The zero-order chi connectivity index (χ0) is 36.0. The fourth-order valence-electron chi connectivity index (χ4n) is 5.57. The number of para-hydroxylation sites is 1. The summed E-state index contributed by atoms with van der Waals surface area (Å²) in [5.74, 6) is -2.75. The van der Waals surface area contributed by atoms with E-state index < -0.39 is 35.6 Å². The number of unbranched alkanes of at least 4 members (excludes halogenated alkanes) is 1. The first-order valence-electron chi connectivity index (χ1n) is 16.2. The number of H-pyrrole nitrogens is 1. The SMILES string of the molecule is COC(=O)c1cc(-c2nc(C(=O)N(C(=O)OC(C)(C)C)[C@@H](CCCCN)C(=O)OCc3ccccc3)cc3c2[nH]c2ccccc23)ccc1O. The Balaban J connectivity index is 1.67. The number of nitrogens with one attached hydrogen (secondary N) is 1. The molecule has 2 heterocycles. The molecule has 5 aromatic rings. The second-order valence-electron chi connectivity index (χ2n) is 12.7. The standard InChI is InChI=1S/C38H40N4O8/c1-38(2,3)50-37(47)42(30(16-10-11-19-39)36(46)49-22-23-12-6-5-7-13-23)34(44)29-21-26-25-14-8-9-15-28(25)40-33(26)32(41-29)24-17-18-31(43)27(20-24)35(45)48-4/h5-9,12-15,17-18,20-21,30,40,43H,10-11,16,19,22,39H2,1-4H3/t30-/m0/s1. The number of methoxy groups -OCH3 is 1. The highest BCUT2D eigenvalue weighted by atomic mass is 16.6. The molecular formula is C38H40N4O8. The van der Waals surface area contributed by atoms with E-state index in [1.54, 1.807) is 45.0 Å². The topological polar surface area (TPSA) is 174 Å². The van der Waals surface area contributed by atoms with Crippen LogP contribution in [0.3, 0.4) is 0 Å². The summed E-state index contributed by atoms with van der Waals surface area (Å²) >= 11 is 0. The number of benzene rings is 3. The molecule has 0 spiro atoms. The molecule has 2 amide bonds. The molecule has 5 rings (SSSR count). The molecule has 0 radical (unpaired) electrons. The van der Waals surface area contributed by atoms with Gasteiger partial charge in [0.15, 0.2) is 0 Å². The summed E-state index contributed by atoms with van der Waals surface area (Å²) in [7, 11) is 1.20. The monoisotopic (exact) mass is 680 g/mol. The van der Waals surface area contributed by atoms with Crippen LogP contribution in [0.2, 0.25) is 0 Å².